The molecule has 0 bridgehead atoms. The van der Waals surface area contributed by atoms with E-state index >= 15 is 0 Å². The summed E-state index contributed by atoms with van der Waals surface area (Å²) in [7, 11) is 0. The lowest BCUT2D eigenvalue weighted by molar-refractivity contribution is 0.00426. The summed E-state index contributed by atoms with van der Waals surface area (Å²) in [6.45, 7) is 10.2. The first-order valence-electron chi connectivity index (χ1n) is 7.69. The number of fused-ring (bicyclic) bond motifs is 2. The summed E-state index contributed by atoms with van der Waals surface area (Å²) in [5.74, 6) is 0.628. The third-order valence-corrected chi connectivity index (χ3v) is 4.99. The number of hydrogen-bond donors (Lipinski definition) is 1. The third kappa shape index (κ3) is 2.53. The van der Waals surface area contributed by atoms with Gasteiger partial charge in [-0.1, -0.05) is 0 Å². The molecule has 1 amide bonds. The number of likely N-dealkylation sites (tertiary alicyclic amines) is 1. The Morgan fingerprint density at radius 3 is 2.65 bits per heavy atom. The Morgan fingerprint density at radius 2 is 2.00 bits per heavy atom. The van der Waals surface area contributed by atoms with Gasteiger partial charge in [-0.3, -0.25) is 0 Å². The highest BCUT2D eigenvalue weighted by Gasteiger charge is 2.52. The molecule has 5 heteroatoms. The van der Waals surface area contributed by atoms with Crippen molar-refractivity contribution in [3.63, 3.8) is 0 Å². The van der Waals surface area contributed by atoms with E-state index in [1.54, 1.807) is 0 Å². The summed E-state index contributed by atoms with van der Waals surface area (Å²) >= 11 is 0. The van der Waals surface area contributed by atoms with Crippen molar-refractivity contribution >= 4 is 6.09 Å². The van der Waals surface area contributed by atoms with Crippen LogP contribution in [0.3, 0.4) is 0 Å². The molecule has 2 atom stereocenters. The smallest absolute Gasteiger partial charge is 0.410 e. The Hall–Kier alpha value is -0.810. The molecule has 0 aliphatic carbocycles. The lowest BCUT2D eigenvalue weighted by Gasteiger charge is -2.42. The number of ether oxygens (including phenoxy) is 2. The summed E-state index contributed by atoms with van der Waals surface area (Å²) in [6, 6.07) is 0.531. The molecule has 20 heavy (non-hydrogen) atoms. The Labute approximate surface area is 121 Å². The zero-order chi connectivity index (χ0) is 14.4. The van der Waals surface area contributed by atoms with Crippen LogP contribution < -0.4 is 5.32 Å². The molecule has 2 unspecified atom stereocenters. The van der Waals surface area contributed by atoms with Gasteiger partial charge in [0.25, 0.3) is 0 Å². The summed E-state index contributed by atoms with van der Waals surface area (Å²) in [5, 5.41) is 3.60. The molecule has 3 heterocycles. The molecule has 3 aliphatic rings. The lowest BCUT2D eigenvalue weighted by Crippen LogP contribution is -2.48. The molecule has 3 fully saturated rings. The number of piperidine rings is 1. The van der Waals surface area contributed by atoms with Crippen LogP contribution in [0.15, 0.2) is 0 Å². The number of hydrogen-bond acceptors (Lipinski definition) is 4. The van der Waals surface area contributed by atoms with Crippen LogP contribution in [-0.2, 0) is 9.47 Å². The maximum absolute atomic E-state index is 12.1. The Morgan fingerprint density at radius 1 is 1.30 bits per heavy atom. The van der Waals surface area contributed by atoms with Crippen LogP contribution in [0.4, 0.5) is 4.79 Å². The van der Waals surface area contributed by atoms with Crippen LogP contribution in [0.1, 0.15) is 33.6 Å². The molecule has 1 spiro atoms. The first kappa shape index (κ1) is 14.1. The third-order valence-electron chi connectivity index (χ3n) is 4.99. The minimum atomic E-state index is -0.411. The number of amides is 1. The largest absolute Gasteiger partial charge is 0.444 e. The van der Waals surface area contributed by atoms with E-state index in [1.165, 1.54) is 0 Å². The molecule has 1 N–H and O–H groups in total. The SMILES string of the molecule is CC(C)(C)OC(=O)N1CCC2(CC1)CNC1COCC12. The van der Waals surface area contributed by atoms with E-state index in [0.717, 1.165) is 45.7 Å². The standard InChI is InChI=1S/C15H26N2O3/c1-14(2,3)20-13(18)17-6-4-15(5-7-17)10-16-12-9-19-8-11(12)15/h11-12,16H,4-10H2,1-3H3. The minimum Gasteiger partial charge on any atom is -0.444 e. The van der Waals surface area contributed by atoms with Gasteiger partial charge in [0.2, 0.25) is 0 Å². The van der Waals surface area contributed by atoms with Gasteiger partial charge in [-0.05, 0) is 39.0 Å². The van der Waals surface area contributed by atoms with Gasteiger partial charge in [-0.2, -0.15) is 0 Å². The average Bonchev–Trinajstić information content (AvgIpc) is 2.93. The molecular weight excluding hydrogens is 256 g/mol. The number of rotatable bonds is 0. The van der Waals surface area contributed by atoms with Gasteiger partial charge in [0, 0.05) is 31.6 Å². The second-order valence-electron chi connectivity index (χ2n) is 7.46. The molecule has 114 valence electrons. The van der Waals surface area contributed by atoms with Crippen LogP contribution in [0.2, 0.25) is 0 Å². The van der Waals surface area contributed by atoms with Crippen molar-refractivity contribution in [1.82, 2.24) is 10.2 Å². The fourth-order valence-electron chi connectivity index (χ4n) is 3.83. The fraction of sp³-hybridized carbons (Fsp3) is 0.933. The zero-order valence-corrected chi connectivity index (χ0v) is 12.8. The van der Waals surface area contributed by atoms with E-state index in [0.29, 0.717) is 17.4 Å². The van der Waals surface area contributed by atoms with Crippen LogP contribution in [0.5, 0.6) is 0 Å². The van der Waals surface area contributed by atoms with Gasteiger partial charge in [-0.15, -0.1) is 0 Å². The van der Waals surface area contributed by atoms with Crippen LogP contribution >= 0.6 is 0 Å². The van der Waals surface area contributed by atoms with Gasteiger partial charge < -0.3 is 19.7 Å². The number of nitrogens with zero attached hydrogens (tertiary/aromatic N) is 1. The van der Waals surface area contributed by atoms with Crippen molar-refractivity contribution in [3.05, 3.63) is 0 Å². The van der Waals surface area contributed by atoms with Crippen LogP contribution in [-0.4, -0.2) is 55.5 Å². The van der Waals surface area contributed by atoms with Gasteiger partial charge in [0.1, 0.15) is 5.60 Å². The summed E-state index contributed by atoms with van der Waals surface area (Å²) < 4.78 is 11.1. The van der Waals surface area contributed by atoms with E-state index in [4.69, 9.17) is 9.47 Å². The molecule has 0 radical (unpaired) electrons. The summed E-state index contributed by atoms with van der Waals surface area (Å²) in [6.07, 6.45) is 1.95. The van der Waals surface area contributed by atoms with Gasteiger partial charge >= 0.3 is 6.09 Å². The predicted molar refractivity (Wildman–Crippen MR) is 75.6 cm³/mol. The lowest BCUT2D eigenvalue weighted by atomic mass is 9.70. The van der Waals surface area contributed by atoms with Gasteiger partial charge in [0.05, 0.1) is 13.2 Å². The van der Waals surface area contributed by atoms with Crippen molar-refractivity contribution < 1.29 is 14.3 Å². The molecule has 0 aromatic carbocycles. The molecule has 3 aliphatic heterocycles. The Kier molecular flexibility index (Phi) is 3.45. The normalized spacial score (nSPS) is 32.5. The van der Waals surface area contributed by atoms with Crippen molar-refractivity contribution in [2.75, 3.05) is 32.8 Å². The fourth-order valence-corrected chi connectivity index (χ4v) is 3.83. The maximum Gasteiger partial charge on any atom is 0.410 e. The number of carbonyl (C=O) groups is 1. The highest BCUT2D eigenvalue weighted by atomic mass is 16.6. The summed E-state index contributed by atoms with van der Waals surface area (Å²) in [4.78, 5) is 14.0. The number of carbonyl (C=O) groups excluding carboxylic acids is 1. The Balaban J connectivity index is 1.58. The van der Waals surface area contributed by atoms with Gasteiger partial charge in [-0.25, -0.2) is 4.79 Å². The second kappa shape index (κ2) is 4.88. The van der Waals surface area contributed by atoms with E-state index in [9.17, 15) is 4.79 Å². The molecule has 5 nitrogen and oxygen atoms in total. The van der Waals surface area contributed by atoms with Crippen LogP contribution in [0.25, 0.3) is 0 Å². The quantitative estimate of drug-likeness (QED) is 0.733. The van der Waals surface area contributed by atoms with E-state index in [-0.39, 0.29) is 6.09 Å². The molecular formula is C15H26N2O3. The van der Waals surface area contributed by atoms with E-state index in [2.05, 4.69) is 5.32 Å². The summed E-state index contributed by atoms with van der Waals surface area (Å²) in [5.41, 5.74) is -0.0782. The first-order chi connectivity index (χ1) is 9.40. The molecule has 3 rings (SSSR count). The highest BCUT2D eigenvalue weighted by molar-refractivity contribution is 5.68. The molecule has 0 aromatic heterocycles. The zero-order valence-electron chi connectivity index (χ0n) is 12.8. The molecule has 0 aromatic rings. The van der Waals surface area contributed by atoms with Crippen molar-refractivity contribution in [2.45, 2.75) is 45.3 Å². The second-order valence-corrected chi connectivity index (χ2v) is 7.46. The van der Waals surface area contributed by atoms with E-state index < -0.39 is 5.60 Å². The van der Waals surface area contributed by atoms with Crippen molar-refractivity contribution in [2.24, 2.45) is 11.3 Å². The molecule has 0 saturated carbocycles. The Bertz CT molecular complexity index is 383. The highest BCUT2D eigenvalue weighted by Crippen LogP contribution is 2.46. The average molecular weight is 282 g/mol. The van der Waals surface area contributed by atoms with Gasteiger partial charge in [0.15, 0.2) is 0 Å². The monoisotopic (exact) mass is 282 g/mol. The topological polar surface area (TPSA) is 50.8 Å². The van der Waals surface area contributed by atoms with Crippen molar-refractivity contribution in [3.8, 4) is 0 Å². The first-order valence-corrected chi connectivity index (χ1v) is 7.69. The predicted octanol–water partition coefficient (Wildman–Crippen LogP) is 1.62. The maximum atomic E-state index is 12.1. The van der Waals surface area contributed by atoms with Crippen molar-refractivity contribution in [1.29, 1.82) is 0 Å². The van der Waals surface area contributed by atoms with E-state index in [1.807, 2.05) is 25.7 Å². The van der Waals surface area contributed by atoms with Crippen LogP contribution in [0, 0.1) is 11.3 Å². The number of nitrogens with one attached hydrogen (secondary N) is 1. The molecule has 3 saturated heterocycles. The minimum absolute atomic E-state index is 0.169.